The Balaban J connectivity index is 0.00000225. The first kappa shape index (κ1) is 19.4. The number of halogens is 1. The van der Waals surface area contributed by atoms with Gasteiger partial charge in [-0.25, -0.2) is 4.98 Å². The Hall–Kier alpha value is -1.92. The molecule has 2 heterocycles. The topological polar surface area (TPSA) is 82.7 Å². The molecule has 2 atom stereocenters. The van der Waals surface area contributed by atoms with Crippen molar-refractivity contribution in [1.29, 1.82) is 0 Å². The molecule has 2 aromatic rings. The molecule has 136 valence electrons. The fourth-order valence-corrected chi connectivity index (χ4v) is 3.04. The lowest BCUT2D eigenvalue weighted by molar-refractivity contribution is -0.120. The Bertz CT molecular complexity index is 715. The van der Waals surface area contributed by atoms with Crippen LogP contribution >= 0.6 is 12.4 Å². The van der Waals surface area contributed by atoms with Crippen molar-refractivity contribution in [2.75, 3.05) is 11.9 Å². The average molecular weight is 364 g/mol. The van der Waals surface area contributed by atoms with E-state index in [1.807, 2.05) is 24.3 Å². The molecule has 3 N–H and O–H groups in total. The van der Waals surface area contributed by atoms with Crippen LogP contribution in [0.4, 0.5) is 5.69 Å². The summed E-state index contributed by atoms with van der Waals surface area (Å²) < 4.78 is 0. The molecule has 1 aliphatic rings. The number of anilines is 1. The molecular weight excluding hydrogens is 338 g/mol. The minimum atomic E-state index is 0. The molecular formula is C18H26ClN5O. The quantitative estimate of drug-likeness (QED) is 0.778. The molecule has 0 radical (unpaired) electrons. The molecule has 1 aromatic carbocycles. The van der Waals surface area contributed by atoms with Gasteiger partial charge in [0.25, 0.3) is 0 Å². The van der Waals surface area contributed by atoms with Gasteiger partial charge in [0, 0.05) is 23.4 Å². The van der Waals surface area contributed by atoms with E-state index in [1.165, 1.54) is 0 Å². The van der Waals surface area contributed by atoms with Crippen LogP contribution < -0.4 is 10.6 Å². The van der Waals surface area contributed by atoms with Crippen molar-refractivity contribution in [2.45, 2.75) is 45.6 Å². The first-order valence-corrected chi connectivity index (χ1v) is 8.60. The van der Waals surface area contributed by atoms with E-state index in [2.05, 4.69) is 46.6 Å². The number of nitrogens with one attached hydrogen (secondary N) is 3. The van der Waals surface area contributed by atoms with Crippen molar-refractivity contribution < 1.29 is 4.79 Å². The Kier molecular flexibility index (Phi) is 6.56. The van der Waals surface area contributed by atoms with Crippen molar-refractivity contribution in [2.24, 2.45) is 5.92 Å². The van der Waals surface area contributed by atoms with Gasteiger partial charge in [0.2, 0.25) is 5.91 Å². The fraction of sp³-hybridized carbons (Fsp3) is 0.500. The number of benzene rings is 1. The van der Waals surface area contributed by atoms with Crippen LogP contribution in [0.5, 0.6) is 0 Å². The third-order valence-electron chi connectivity index (χ3n) is 4.47. The standard InChI is InChI=1S/C18H25N5O.ClH/c1-11(2)16-21-17(23-22-16)14-6-4-5-7-15(14)20-18(24)13-8-9-19-12(3)10-13;/h4-7,11-13,19H,8-10H2,1-3H3,(H,20,24)(H,21,22,23);1H/t12-,13-;/m0./s1. The zero-order valence-corrected chi connectivity index (χ0v) is 15.7. The number of hydrogen-bond donors (Lipinski definition) is 3. The van der Waals surface area contributed by atoms with Gasteiger partial charge in [-0.3, -0.25) is 9.89 Å². The van der Waals surface area contributed by atoms with Crippen LogP contribution in [0.1, 0.15) is 45.4 Å². The highest BCUT2D eigenvalue weighted by molar-refractivity contribution is 5.96. The number of hydrogen-bond acceptors (Lipinski definition) is 4. The van der Waals surface area contributed by atoms with Crippen LogP contribution in [0.15, 0.2) is 24.3 Å². The Morgan fingerprint density at radius 1 is 1.32 bits per heavy atom. The van der Waals surface area contributed by atoms with Crippen LogP contribution in [0.25, 0.3) is 11.4 Å². The molecule has 1 fully saturated rings. The van der Waals surface area contributed by atoms with Gasteiger partial charge in [0.15, 0.2) is 5.82 Å². The van der Waals surface area contributed by atoms with Crippen molar-refractivity contribution in [3.63, 3.8) is 0 Å². The van der Waals surface area contributed by atoms with E-state index in [0.717, 1.165) is 36.5 Å². The zero-order valence-electron chi connectivity index (χ0n) is 14.9. The van der Waals surface area contributed by atoms with Crippen LogP contribution in [-0.4, -0.2) is 33.7 Å². The summed E-state index contributed by atoms with van der Waals surface area (Å²) in [6.45, 7) is 7.14. The summed E-state index contributed by atoms with van der Waals surface area (Å²) in [6.07, 6.45) is 1.74. The Labute approximate surface area is 154 Å². The SMILES string of the molecule is CC(C)c1nc(-c2ccccc2NC(=O)[C@H]2CCN[C@@H](C)C2)n[nH]1.Cl. The molecule has 1 aliphatic heterocycles. The molecule has 0 aliphatic carbocycles. The lowest BCUT2D eigenvalue weighted by Gasteiger charge is -2.27. The van der Waals surface area contributed by atoms with Crippen molar-refractivity contribution in [3.8, 4) is 11.4 Å². The molecule has 3 rings (SSSR count). The second kappa shape index (κ2) is 8.45. The van der Waals surface area contributed by atoms with E-state index in [9.17, 15) is 4.79 Å². The molecule has 1 aromatic heterocycles. The average Bonchev–Trinajstić information content (AvgIpc) is 3.05. The van der Waals surface area contributed by atoms with Crippen LogP contribution in [0, 0.1) is 5.92 Å². The van der Waals surface area contributed by atoms with Crippen LogP contribution in [-0.2, 0) is 4.79 Å². The zero-order chi connectivity index (χ0) is 17.1. The van der Waals surface area contributed by atoms with E-state index in [1.54, 1.807) is 0 Å². The molecule has 25 heavy (non-hydrogen) atoms. The maximum absolute atomic E-state index is 12.6. The molecule has 1 amide bonds. The molecule has 0 bridgehead atoms. The first-order chi connectivity index (χ1) is 11.5. The van der Waals surface area contributed by atoms with E-state index in [-0.39, 0.29) is 30.2 Å². The molecule has 7 heteroatoms. The summed E-state index contributed by atoms with van der Waals surface area (Å²) in [5, 5.41) is 13.7. The predicted molar refractivity (Wildman–Crippen MR) is 102 cm³/mol. The van der Waals surface area contributed by atoms with Gasteiger partial charge in [-0.2, -0.15) is 5.10 Å². The van der Waals surface area contributed by atoms with Gasteiger partial charge in [-0.1, -0.05) is 26.0 Å². The van der Waals surface area contributed by atoms with Gasteiger partial charge >= 0.3 is 0 Å². The van der Waals surface area contributed by atoms with Gasteiger partial charge in [-0.05, 0) is 38.4 Å². The van der Waals surface area contributed by atoms with Gasteiger partial charge < -0.3 is 10.6 Å². The van der Waals surface area contributed by atoms with Gasteiger partial charge in [0.05, 0.1) is 5.69 Å². The van der Waals surface area contributed by atoms with Crippen molar-refractivity contribution in [1.82, 2.24) is 20.5 Å². The maximum atomic E-state index is 12.6. The summed E-state index contributed by atoms with van der Waals surface area (Å²) in [6, 6.07) is 8.08. The van der Waals surface area contributed by atoms with Crippen molar-refractivity contribution in [3.05, 3.63) is 30.1 Å². The molecule has 1 saturated heterocycles. The molecule has 0 spiro atoms. The second-order valence-corrected chi connectivity index (χ2v) is 6.81. The monoisotopic (exact) mass is 363 g/mol. The fourth-order valence-electron chi connectivity index (χ4n) is 3.04. The number of carbonyl (C=O) groups is 1. The number of nitrogens with zero attached hydrogens (tertiary/aromatic N) is 2. The number of H-pyrrole nitrogens is 1. The summed E-state index contributed by atoms with van der Waals surface area (Å²) >= 11 is 0. The minimum Gasteiger partial charge on any atom is -0.325 e. The lowest BCUT2D eigenvalue weighted by Crippen LogP contribution is -2.40. The third kappa shape index (κ3) is 4.58. The van der Waals surface area contributed by atoms with E-state index >= 15 is 0 Å². The highest BCUT2D eigenvalue weighted by atomic mass is 35.5. The summed E-state index contributed by atoms with van der Waals surface area (Å²) in [4.78, 5) is 17.2. The number of carbonyl (C=O) groups excluding carboxylic acids is 1. The van der Waals surface area contributed by atoms with Crippen molar-refractivity contribution >= 4 is 24.0 Å². The third-order valence-corrected chi connectivity index (χ3v) is 4.47. The van der Waals surface area contributed by atoms with E-state index in [4.69, 9.17) is 0 Å². The summed E-state index contributed by atoms with van der Waals surface area (Å²) in [5.41, 5.74) is 1.61. The number of rotatable bonds is 4. The van der Waals surface area contributed by atoms with Gasteiger partial charge in [-0.15, -0.1) is 12.4 Å². The lowest BCUT2D eigenvalue weighted by atomic mass is 9.92. The molecule has 0 saturated carbocycles. The first-order valence-electron chi connectivity index (χ1n) is 8.60. The smallest absolute Gasteiger partial charge is 0.227 e. The van der Waals surface area contributed by atoms with E-state index < -0.39 is 0 Å². The molecule has 6 nitrogen and oxygen atoms in total. The number of aromatic nitrogens is 3. The number of amides is 1. The molecule has 0 unspecified atom stereocenters. The van der Waals surface area contributed by atoms with Crippen LogP contribution in [0.3, 0.4) is 0 Å². The number of aromatic amines is 1. The largest absolute Gasteiger partial charge is 0.325 e. The second-order valence-electron chi connectivity index (χ2n) is 6.81. The maximum Gasteiger partial charge on any atom is 0.227 e. The Morgan fingerprint density at radius 3 is 2.76 bits per heavy atom. The van der Waals surface area contributed by atoms with Crippen LogP contribution in [0.2, 0.25) is 0 Å². The highest BCUT2D eigenvalue weighted by Crippen LogP contribution is 2.27. The minimum absolute atomic E-state index is 0. The van der Waals surface area contributed by atoms with Gasteiger partial charge in [0.1, 0.15) is 5.82 Å². The highest BCUT2D eigenvalue weighted by Gasteiger charge is 2.25. The summed E-state index contributed by atoms with van der Waals surface area (Å²) in [7, 11) is 0. The van der Waals surface area contributed by atoms with E-state index in [0.29, 0.717) is 11.9 Å². The normalized spacial score (nSPS) is 20.2. The number of piperidine rings is 1. The summed E-state index contributed by atoms with van der Waals surface area (Å²) in [5.74, 6) is 1.87. The Morgan fingerprint density at radius 2 is 2.08 bits per heavy atom. The predicted octanol–water partition coefficient (Wildman–Crippen LogP) is 3.34. The number of para-hydroxylation sites is 1.